The molecule has 7 nitrogen and oxygen atoms in total. The van der Waals surface area contributed by atoms with Crippen LogP contribution in [0.25, 0.3) is 11.0 Å². The molecule has 2 unspecified atom stereocenters. The van der Waals surface area contributed by atoms with Crippen molar-refractivity contribution in [2.24, 2.45) is 5.73 Å². The first-order chi connectivity index (χ1) is 11.9. The first kappa shape index (κ1) is 16.0. The van der Waals surface area contributed by atoms with Crippen LogP contribution in [-0.4, -0.2) is 39.3 Å². The number of nitrogens with two attached hydrogens (primary N) is 1. The van der Waals surface area contributed by atoms with Crippen molar-refractivity contribution in [3.05, 3.63) is 33.9 Å². The lowest BCUT2D eigenvalue weighted by Crippen LogP contribution is -2.31. The van der Waals surface area contributed by atoms with Gasteiger partial charge in [-0.2, -0.15) is 0 Å². The summed E-state index contributed by atoms with van der Waals surface area (Å²) in [7, 11) is 0. The quantitative estimate of drug-likeness (QED) is 0.873. The standard InChI is InChI=1S/C17H19FN4O3/c1-8-4-9(19)6-21(8)16-13(18)5-11-14(23)12(17(24)25)7-22(10-2-3-10)15(11)20-16/h5,7-10H,2-4,6,19H2,1H3,(H,24,25). The number of nitrogens with zero attached hydrogens (tertiary/aromatic N) is 3. The number of fused-ring (bicyclic) bond motifs is 1. The molecule has 1 saturated carbocycles. The van der Waals surface area contributed by atoms with Crippen molar-refractivity contribution in [1.82, 2.24) is 9.55 Å². The lowest BCUT2D eigenvalue weighted by Gasteiger charge is -2.24. The van der Waals surface area contributed by atoms with E-state index in [-0.39, 0.29) is 34.9 Å². The third-order valence-corrected chi connectivity index (χ3v) is 4.99. The maximum atomic E-state index is 14.7. The summed E-state index contributed by atoms with van der Waals surface area (Å²) in [6, 6.07) is 1.22. The fourth-order valence-corrected chi connectivity index (χ4v) is 3.59. The Balaban J connectivity index is 1.96. The van der Waals surface area contributed by atoms with Gasteiger partial charge in [-0.15, -0.1) is 0 Å². The van der Waals surface area contributed by atoms with E-state index in [0.717, 1.165) is 25.3 Å². The Morgan fingerprint density at radius 2 is 2.16 bits per heavy atom. The zero-order valence-electron chi connectivity index (χ0n) is 13.8. The van der Waals surface area contributed by atoms with E-state index < -0.39 is 17.2 Å². The van der Waals surface area contributed by atoms with Gasteiger partial charge >= 0.3 is 5.97 Å². The first-order valence-electron chi connectivity index (χ1n) is 8.37. The zero-order valence-corrected chi connectivity index (χ0v) is 13.8. The van der Waals surface area contributed by atoms with Gasteiger partial charge in [0.15, 0.2) is 11.6 Å². The van der Waals surface area contributed by atoms with E-state index >= 15 is 0 Å². The molecule has 2 aliphatic rings. The van der Waals surface area contributed by atoms with E-state index in [1.807, 2.05) is 11.8 Å². The van der Waals surface area contributed by atoms with Gasteiger partial charge in [0.2, 0.25) is 5.43 Å². The molecule has 1 aliphatic heterocycles. The Hall–Kier alpha value is -2.48. The number of aromatic nitrogens is 2. The minimum absolute atomic E-state index is 0.00389. The van der Waals surface area contributed by atoms with Crippen LogP contribution < -0.4 is 16.1 Å². The Labute approximate surface area is 142 Å². The summed E-state index contributed by atoms with van der Waals surface area (Å²) in [5.74, 6) is -1.77. The van der Waals surface area contributed by atoms with Crippen LogP contribution >= 0.6 is 0 Å². The molecule has 0 bridgehead atoms. The highest BCUT2D eigenvalue weighted by atomic mass is 19.1. The topological polar surface area (TPSA) is 101 Å². The van der Waals surface area contributed by atoms with Crippen LogP contribution in [-0.2, 0) is 0 Å². The van der Waals surface area contributed by atoms with Gasteiger partial charge in [-0.25, -0.2) is 14.2 Å². The normalized spacial score (nSPS) is 23.4. The van der Waals surface area contributed by atoms with E-state index in [2.05, 4.69) is 4.98 Å². The maximum absolute atomic E-state index is 14.7. The summed E-state index contributed by atoms with van der Waals surface area (Å²) in [6.07, 6.45) is 3.85. The van der Waals surface area contributed by atoms with E-state index in [1.165, 1.54) is 6.20 Å². The van der Waals surface area contributed by atoms with Gasteiger partial charge in [0, 0.05) is 30.9 Å². The molecule has 0 spiro atoms. The van der Waals surface area contributed by atoms with Gasteiger partial charge in [-0.3, -0.25) is 4.79 Å². The summed E-state index contributed by atoms with van der Waals surface area (Å²) < 4.78 is 16.4. The van der Waals surface area contributed by atoms with Crippen molar-refractivity contribution in [1.29, 1.82) is 0 Å². The molecule has 3 N–H and O–H groups in total. The van der Waals surface area contributed by atoms with Crippen LogP contribution in [0.1, 0.15) is 42.6 Å². The van der Waals surface area contributed by atoms with Gasteiger partial charge in [0.1, 0.15) is 11.2 Å². The lowest BCUT2D eigenvalue weighted by atomic mass is 10.1. The Bertz CT molecular complexity index is 938. The van der Waals surface area contributed by atoms with Crippen LogP contribution in [0.2, 0.25) is 0 Å². The van der Waals surface area contributed by atoms with Gasteiger partial charge in [-0.05, 0) is 32.3 Å². The number of rotatable bonds is 3. The Kier molecular flexibility index (Phi) is 3.54. The molecule has 25 heavy (non-hydrogen) atoms. The van der Waals surface area contributed by atoms with E-state index in [4.69, 9.17) is 5.73 Å². The summed E-state index contributed by atoms with van der Waals surface area (Å²) >= 11 is 0. The molecule has 0 amide bonds. The highest BCUT2D eigenvalue weighted by molar-refractivity contribution is 5.92. The van der Waals surface area contributed by atoms with Crippen molar-refractivity contribution in [3.63, 3.8) is 0 Å². The predicted octanol–water partition coefficient (Wildman–Crippen LogP) is 1.49. The van der Waals surface area contributed by atoms with Crippen LogP contribution in [0.4, 0.5) is 10.2 Å². The fraction of sp³-hybridized carbons (Fsp3) is 0.471. The van der Waals surface area contributed by atoms with Gasteiger partial charge < -0.3 is 20.3 Å². The molecule has 3 heterocycles. The van der Waals surface area contributed by atoms with E-state index in [9.17, 15) is 19.1 Å². The minimum Gasteiger partial charge on any atom is -0.477 e. The van der Waals surface area contributed by atoms with Crippen LogP contribution in [0, 0.1) is 5.82 Å². The molecule has 1 saturated heterocycles. The molecule has 1 aliphatic carbocycles. The molecular formula is C17H19FN4O3. The number of carboxylic acids is 1. The number of carbonyl (C=O) groups is 1. The minimum atomic E-state index is -1.31. The number of anilines is 1. The second-order valence-corrected chi connectivity index (χ2v) is 6.98. The number of pyridine rings is 2. The predicted molar refractivity (Wildman–Crippen MR) is 90.6 cm³/mol. The molecule has 2 fully saturated rings. The maximum Gasteiger partial charge on any atom is 0.341 e. The van der Waals surface area contributed by atoms with E-state index in [0.29, 0.717) is 12.2 Å². The summed E-state index contributed by atoms with van der Waals surface area (Å²) in [4.78, 5) is 30.0. The number of hydrogen-bond donors (Lipinski definition) is 2. The molecular weight excluding hydrogens is 327 g/mol. The second-order valence-electron chi connectivity index (χ2n) is 6.98. The monoisotopic (exact) mass is 346 g/mol. The highest BCUT2D eigenvalue weighted by Crippen LogP contribution is 2.37. The molecule has 0 aromatic carbocycles. The molecule has 2 aromatic rings. The molecule has 8 heteroatoms. The number of carboxylic acid groups (broad SMARTS) is 1. The summed E-state index contributed by atoms with van der Waals surface area (Å²) in [5.41, 5.74) is 5.24. The Morgan fingerprint density at radius 1 is 1.44 bits per heavy atom. The molecule has 132 valence electrons. The molecule has 0 radical (unpaired) electrons. The first-order valence-corrected chi connectivity index (χ1v) is 8.37. The largest absolute Gasteiger partial charge is 0.477 e. The molecule has 4 rings (SSSR count). The number of hydrogen-bond acceptors (Lipinski definition) is 5. The van der Waals surface area contributed by atoms with Crippen LogP contribution in [0.15, 0.2) is 17.1 Å². The summed E-state index contributed by atoms with van der Waals surface area (Å²) in [5, 5.41) is 9.27. The highest BCUT2D eigenvalue weighted by Gasteiger charge is 2.32. The third-order valence-electron chi connectivity index (χ3n) is 4.99. The number of halogens is 1. The lowest BCUT2D eigenvalue weighted by molar-refractivity contribution is 0.0695. The van der Waals surface area contributed by atoms with Crippen LogP contribution in [0.5, 0.6) is 0 Å². The van der Waals surface area contributed by atoms with Gasteiger partial charge in [-0.1, -0.05) is 0 Å². The fourth-order valence-electron chi connectivity index (χ4n) is 3.59. The zero-order chi connectivity index (χ0) is 17.9. The average molecular weight is 346 g/mol. The van der Waals surface area contributed by atoms with E-state index in [1.54, 1.807) is 4.57 Å². The van der Waals surface area contributed by atoms with Crippen molar-refractivity contribution in [2.45, 2.75) is 44.3 Å². The molecule has 2 aromatic heterocycles. The number of aromatic carboxylic acids is 1. The SMILES string of the molecule is CC1CC(N)CN1c1nc2c(cc1F)c(=O)c(C(=O)O)cn2C1CC1. The van der Waals surface area contributed by atoms with Crippen LogP contribution in [0.3, 0.4) is 0 Å². The van der Waals surface area contributed by atoms with Crippen molar-refractivity contribution >= 4 is 22.8 Å². The smallest absolute Gasteiger partial charge is 0.341 e. The van der Waals surface area contributed by atoms with Crippen molar-refractivity contribution in [2.75, 3.05) is 11.4 Å². The summed E-state index contributed by atoms with van der Waals surface area (Å²) in [6.45, 7) is 2.46. The Morgan fingerprint density at radius 3 is 2.72 bits per heavy atom. The van der Waals surface area contributed by atoms with Crippen molar-refractivity contribution < 1.29 is 14.3 Å². The average Bonchev–Trinajstić information content (AvgIpc) is 3.32. The van der Waals surface area contributed by atoms with Crippen molar-refractivity contribution in [3.8, 4) is 0 Å². The van der Waals surface area contributed by atoms with Gasteiger partial charge in [0.05, 0.1) is 5.39 Å². The second kappa shape index (κ2) is 5.52. The third kappa shape index (κ3) is 2.57. The van der Waals surface area contributed by atoms with Gasteiger partial charge in [0.25, 0.3) is 0 Å². The molecule has 2 atom stereocenters.